The number of anilines is 1. The highest BCUT2D eigenvalue weighted by molar-refractivity contribution is 6.03. The topological polar surface area (TPSA) is 133 Å². The summed E-state index contributed by atoms with van der Waals surface area (Å²) < 4.78 is 3.04. The van der Waals surface area contributed by atoms with Crippen molar-refractivity contribution in [2.24, 2.45) is 0 Å². The predicted molar refractivity (Wildman–Crippen MR) is 123 cm³/mol. The second kappa shape index (κ2) is 8.54. The number of fused-ring (bicyclic) bond motifs is 1. The molecule has 5 aromatic rings. The van der Waals surface area contributed by atoms with Crippen LogP contribution < -0.4 is 5.32 Å². The highest BCUT2D eigenvalue weighted by Gasteiger charge is 2.18. The number of rotatable bonds is 6. The lowest BCUT2D eigenvalue weighted by molar-refractivity contribution is -0.384. The van der Waals surface area contributed by atoms with Crippen LogP contribution >= 0.6 is 0 Å². The van der Waals surface area contributed by atoms with Gasteiger partial charge in [-0.2, -0.15) is 19.7 Å². The van der Waals surface area contributed by atoms with Crippen molar-refractivity contribution >= 4 is 23.1 Å². The van der Waals surface area contributed by atoms with Crippen LogP contribution in [0.1, 0.15) is 21.6 Å². The predicted octanol–water partition coefficient (Wildman–Crippen LogP) is 3.51. The van der Waals surface area contributed by atoms with E-state index < -0.39 is 10.8 Å². The summed E-state index contributed by atoms with van der Waals surface area (Å²) in [6, 6.07) is 15.7. The molecule has 0 saturated heterocycles. The molecule has 3 aromatic heterocycles. The number of benzene rings is 2. The maximum Gasteiger partial charge on any atom is 0.274 e. The molecule has 0 unspecified atom stereocenters. The minimum absolute atomic E-state index is 0.0763. The van der Waals surface area contributed by atoms with Crippen molar-refractivity contribution in [1.82, 2.24) is 29.4 Å². The third-order valence-electron chi connectivity index (χ3n) is 5.19. The number of carbonyl (C=O) groups excluding carboxylic acids is 1. The van der Waals surface area contributed by atoms with Gasteiger partial charge in [0.2, 0.25) is 0 Å². The van der Waals surface area contributed by atoms with Gasteiger partial charge in [0.25, 0.3) is 17.4 Å². The van der Waals surface area contributed by atoms with Gasteiger partial charge in [-0.15, -0.1) is 0 Å². The molecule has 5 rings (SSSR count). The summed E-state index contributed by atoms with van der Waals surface area (Å²) in [5.41, 5.74) is 3.73. The van der Waals surface area contributed by atoms with Crippen LogP contribution in [0, 0.1) is 17.0 Å². The first-order valence-corrected chi connectivity index (χ1v) is 10.3. The number of nitrogens with one attached hydrogen (secondary N) is 1. The smallest absolute Gasteiger partial charge is 0.274 e. The van der Waals surface area contributed by atoms with Crippen LogP contribution in [0.25, 0.3) is 17.0 Å². The molecule has 0 aliphatic heterocycles. The van der Waals surface area contributed by atoms with Gasteiger partial charge in [0.15, 0.2) is 0 Å². The molecule has 3 heterocycles. The molecule has 0 fully saturated rings. The van der Waals surface area contributed by atoms with Crippen LogP contribution in [0.4, 0.5) is 11.4 Å². The summed E-state index contributed by atoms with van der Waals surface area (Å²) in [5.74, 6) is -0.247. The van der Waals surface area contributed by atoms with Crippen LogP contribution in [0.2, 0.25) is 0 Å². The second-order valence-corrected chi connectivity index (χ2v) is 7.67. The lowest BCUT2D eigenvalue weighted by Crippen LogP contribution is -2.17. The van der Waals surface area contributed by atoms with Crippen molar-refractivity contribution in [3.63, 3.8) is 0 Å². The van der Waals surface area contributed by atoms with Crippen LogP contribution in [0.5, 0.6) is 0 Å². The maximum absolute atomic E-state index is 13.1. The first-order chi connectivity index (χ1) is 16.5. The molecule has 0 aliphatic carbocycles. The van der Waals surface area contributed by atoms with Gasteiger partial charge in [0, 0.05) is 23.9 Å². The van der Waals surface area contributed by atoms with Gasteiger partial charge < -0.3 is 5.32 Å². The van der Waals surface area contributed by atoms with E-state index in [4.69, 9.17) is 0 Å². The van der Waals surface area contributed by atoms with Crippen molar-refractivity contribution in [2.45, 2.75) is 13.5 Å². The molecule has 0 saturated carbocycles. The molecular weight excluding hydrogens is 436 g/mol. The summed E-state index contributed by atoms with van der Waals surface area (Å²) in [6.07, 6.45) is 4.59. The normalized spacial score (nSPS) is 11.0. The van der Waals surface area contributed by atoms with E-state index >= 15 is 0 Å². The molecule has 34 heavy (non-hydrogen) atoms. The Morgan fingerprint density at radius 1 is 1.12 bits per heavy atom. The van der Waals surface area contributed by atoms with Crippen molar-refractivity contribution in [1.29, 1.82) is 0 Å². The van der Waals surface area contributed by atoms with E-state index in [9.17, 15) is 14.9 Å². The first-order valence-electron chi connectivity index (χ1n) is 10.3. The Hall–Kier alpha value is -4.93. The molecule has 1 amide bonds. The summed E-state index contributed by atoms with van der Waals surface area (Å²) in [7, 11) is 0. The summed E-state index contributed by atoms with van der Waals surface area (Å²) in [4.78, 5) is 32.2. The molecule has 168 valence electrons. The number of non-ortho nitro benzene ring substituents is 1. The Balaban J connectivity index is 1.42. The van der Waals surface area contributed by atoms with E-state index in [1.54, 1.807) is 29.2 Å². The Labute approximate surface area is 192 Å². The molecule has 11 heteroatoms. The largest absolute Gasteiger partial charge is 0.318 e. The van der Waals surface area contributed by atoms with Crippen molar-refractivity contribution in [2.75, 3.05) is 5.32 Å². The molecule has 11 nitrogen and oxygen atoms in total. The zero-order valence-corrected chi connectivity index (χ0v) is 18.0. The number of aryl methyl sites for hydroxylation is 1. The van der Waals surface area contributed by atoms with Crippen LogP contribution in [-0.4, -0.2) is 40.2 Å². The van der Waals surface area contributed by atoms with Crippen LogP contribution in [-0.2, 0) is 6.54 Å². The minimum Gasteiger partial charge on any atom is -0.318 e. The fraction of sp³-hybridized carbons (Fsp3) is 0.0870. The lowest BCUT2D eigenvalue weighted by atomic mass is 10.1. The lowest BCUT2D eigenvalue weighted by Gasteiger charge is -2.08. The monoisotopic (exact) mass is 454 g/mol. The SMILES string of the molecule is Cc1ccc(Cn2cc(NC(=O)c3cc(-c4cccc([N+](=O)[O-])c4)nc4ncnn34)cn2)cc1. The summed E-state index contributed by atoms with van der Waals surface area (Å²) in [6.45, 7) is 2.59. The Morgan fingerprint density at radius 3 is 2.74 bits per heavy atom. The molecule has 0 radical (unpaired) electrons. The first kappa shape index (κ1) is 20.9. The summed E-state index contributed by atoms with van der Waals surface area (Å²) >= 11 is 0. The van der Waals surface area contributed by atoms with Crippen LogP contribution in [0.3, 0.4) is 0 Å². The molecule has 0 spiro atoms. The third-order valence-corrected chi connectivity index (χ3v) is 5.19. The molecule has 1 N–H and O–H groups in total. The number of amides is 1. The number of nitrogens with zero attached hydrogens (tertiary/aromatic N) is 7. The molecule has 0 atom stereocenters. The van der Waals surface area contributed by atoms with E-state index in [0.29, 0.717) is 23.5 Å². The van der Waals surface area contributed by atoms with Gasteiger partial charge >= 0.3 is 0 Å². The number of carbonyl (C=O) groups is 1. The van der Waals surface area contributed by atoms with Crippen LogP contribution in [0.15, 0.2) is 73.3 Å². The number of hydrogen-bond acceptors (Lipinski definition) is 7. The molecular formula is C23H18N8O3. The number of nitro benzene ring substituents is 1. The highest BCUT2D eigenvalue weighted by atomic mass is 16.6. The Kier molecular flexibility index (Phi) is 5.26. The fourth-order valence-electron chi connectivity index (χ4n) is 3.49. The van der Waals surface area contributed by atoms with Crippen molar-refractivity contribution in [3.05, 3.63) is 100 Å². The second-order valence-electron chi connectivity index (χ2n) is 7.67. The molecule has 2 aromatic carbocycles. The fourth-order valence-corrected chi connectivity index (χ4v) is 3.49. The van der Waals surface area contributed by atoms with Gasteiger partial charge in [0.1, 0.15) is 12.0 Å². The van der Waals surface area contributed by atoms with Gasteiger partial charge in [-0.05, 0) is 18.6 Å². The number of aromatic nitrogens is 6. The minimum atomic E-state index is -0.485. The number of nitro groups is 1. The maximum atomic E-state index is 13.1. The zero-order valence-electron chi connectivity index (χ0n) is 18.0. The molecule has 0 aliphatic rings. The average Bonchev–Trinajstić information content (AvgIpc) is 3.49. The van der Waals surface area contributed by atoms with E-state index in [2.05, 4.69) is 25.5 Å². The Morgan fingerprint density at radius 2 is 1.94 bits per heavy atom. The van der Waals surface area contributed by atoms with Gasteiger partial charge in [-0.25, -0.2) is 4.98 Å². The van der Waals surface area contributed by atoms with E-state index in [1.807, 2.05) is 31.2 Å². The Bertz CT molecular complexity index is 1520. The van der Waals surface area contributed by atoms with E-state index in [0.717, 1.165) is 5.56 Å². The van der Waals surface area contributed by atoms with Gasteiger partial charge in [-0.1, -0.05) is 42.0 Å². The van der Waals surface area contributed by atoms with Gasteiger partial charge in [-0.3, -0.25) is 19.6 Å². The quantitative estimate of drug-likeness (QED) is 0.307. The standard InChI is InChI=1S/C23H18N8O3/c1-15-5-7-16(8-6-15)12-29-13-18(11-25-29)27-22(32)21-10-20(28-23-24-14-26-30(21)23)17-3-2-4-19(9-17)31(33)34/h2-11,13-14H,12H2,1H3,(H,27,32). The zero-order chi connectivity index (χ0) is 23.7. The van der Waals surface area contributed by atoms with Crippen molar-refractivity contribution in [3.8, 4) is 11.3 Å². The molecule has 0 bridgehead atoms. The number of hydrogen-bond donors (Lipinski definition) is 1. The van der Waals surface area contributed by atoms with E-state index in [-0.39, 0.29) is 17.2 Å². The third kappa shape index (κ3) is 4.21. The highest BCUT2D eigenvalue weighted by Crippen LogP contribution is 2.24. The van der Waals surface area contributed by atoms with Crippen molar-refractivity contribution < 1.29 is 9.72 Å². The average molecular weight is 454 g/mol. The summed E-state index contributed by atoms with van der Waals surface area (Å²) in [5, 5.41) is 22.4. The van der Waals surface area contributed by atoms with Gasteiger partial charge in [0.05, 0.1) is 29.0 Å². The van der Waals surface area contributed by atoms with E-state index in [1.165, 1.54) is 34.6 Å².